The van der Waals surface area contributed by atoms with Crippen LogP contribution in [0.25, 0.3) is 33.0 Å². The van der Waals surface area contributed by atoms with Gasteiger partial charge in [-0.05, 0) is 12.1 Å². The summed E-state index contributed by atoms with van der Waals surface area (Å²) in [4.78, 5) is 27.2. The van der Waals surface area contributed by atoms with Crippen molar-refractivity contribution in [2.45, 2.75) is 0 Å². The number of furan rings is 1. The molecule has 5 rings (SSSR count). The van der Waals surface area contributed by atoms with Crippen LogP contribution in [0.2, 0.25) is 0 Å². The Morgan fingerprint density at radius 2 is 1.56 bits per heavy atom. The van der Waals surface area contributed by atoms with Gasteiger partial charge in [-0.2, -0.15) is 0 Å². The number of likely N-dealkylation sites (N-methyl/N-ethyl adjacent to an activating group) is 1. The zero-order valence-electron chi connectivity index (χ0n) is 14.9. The average Bonchev–Trinajstić information content (AvgIpc) is 3.34. The third-order valence-corrected chi connectivity index (χ3v) is 5.20. The van der Waals surface area contributed by atoms with Crippen LogP contribution >= 0.6 is 0 Å². The standard InChI is InChI=1S/C22H16N2O3/c1-23-12-16(14-7-3-4-9-17(14)23)19-18(21(25)24(2)22(19)26)15-8-5-6-13-10-11-27-20(13)15/h3-12H,1-2H3. The first-order valence-corrected chi connectivity index (χ1v) is 8.65. The molecule has 27 heavy (non-hydrogen) atoms. The maximum atomic E-state index is 13.0. The van der Waals surface area contributed by atoms with E-state index in [0.717, 1.165) is 21.9 Å². The number of aryl methyl sites for hydroxylation is 1. The van der Waals surface area contributed by atoms with Crippen LogP contribution in [0.5, 0.6) is 0 Å². The molecular formula is C22H16N2O3. The van der Waals surface area contributed by atoms with Crippen LogP contribution in [0.4, 0.5) is 0 Å². The van der Waals surface area contributed by atoms with Crippen molar-refractivity contribution < 1.29 is 14.0 Å². The Balaban J connectivity index is 1.90. The largest absolute Gasteiger partial charge is 0.464 e. The lowest BCUT2D eigenvalue weighted by atomic mass is 9.95. The number of para-hydroxylation sites is 2. The van der Waals surface area contributed by atoms with Gasteiger partial charge in [-0.3, -0.25) is 14.5 Å². The molecule has 0 saturated heterocycles. The fraction of sp³-hybridized carbons (Fsp3) is 0.0909. The van der Waals surface area contributed by atoms with E-state index >= 15 is 0 Å². The molecular weight excluding hydrogens is 340 g/mol. The van der Waals surface area contributed by atoms with Gasteiger partial charge in [0.1, 0.15) is 5.58 Å². The highest BCUT2D eigenvalue weighted by Gasteiger charge is 2.39. The van der Waals surface area contributed by atoms with Crippen LogP contribution in [0.1, 0.15) is 11.1 Å². The summed E-state index contributed by atoms with van der Waals surface area (Å²) in [5.74, 6) is -0.609. The van der Waals surface area contributed by atoms with Gasteiger partial charge in [0, 0.05) is 47.7 Å². The van der Waals surface area contributed by atoms with Crippen LogP contribution < -0.4 is 0 Å². The summed E-state index contributed by atoms with van der Waals surface area (Å²) >= 11 is 0. The van der Waals surface area contributed by atoms with Crippen molar-refractivity contribution in [3.63, 3.8) is 0 Å². The summed E-state index contributed by atoms with van der Waals surface area (Å²) in [6.07, 6.45) is 3.50. The molecule has 2 amide bonds. The Kier molecular flexibility index (Phi) is 3.15. The summed E-state index contributed by atoms with van der Waals surface area (Å²) in [5, 5.41) is 1.84. The number of carbonyl (C=O) groups is 2. The van der Waals surface area contributed by atoms with E-state index in [0.29, 0.717) is 22.3 Å². The maximum absolute atomic E-state index is 13.0. The summed E-state index contributed by atoms with van der Waals surface area (Å²) in [7, 11) is 3.45. The van der Waals surface area contributed by atoms with E-state index in [1.54, 1.807) is 6.26 Å². The van der Waals surface area contributed by atoms with Gasteiger partial charge in [-0.15, -0.1) is 0 Å². The molecule has 1 aliphatic rings. The molecule has 3 heterocycles. The Labute approximate surface area is 155 Å². The van der Waals surface area contributed by atoms with Gasteiger partial charge in [0.25, 0.3) is 11.8 Å². The highest BCUT2D eigenvalue weighted by molar-refractivity contribution is 6.50. The van der Waals surface area contributed by atoms with Crippen molar-refractivity contribution in [1.29, 1.82) is 0 Å². The van der Waals surface area contributed by atoms with Crippen molar-refractivity contribution in [3.8, 4) is 0 Å². The molecule has 132 valence electrons. The number of aromatic nitrogens is 1. The van der Waals surface area contributed by atoms with Crippen molar-refractivity contribution >= 4 is 44.8 Å². The number of carbonyl (C=O) groups excluding carboxylic acids is 2. The number of hydrogen-bond acceptors (Lipinski definition) is 3. The second kappa shape index (κ2) is 5.45. The molecule has 5 nitrogen and oxygen atoms in total. The molecule has 0 N–H and O–H groups in total. The summed E-state index contributed by atoms with van der Waals surface area (Å²) < 4.78 is 7.61. The first-order chi connectivity index (χ1) is 13.1. The number of hydrogen-bond donors (Lipinski definition) is 0. The Morgan fingerprint density at radius 3 is 2.37 bits per heavy atom. The minimum Gasteiger partial charge on any atom is -0.464 e. The van der Waals surface area contributed by atoms with E-state index in [9.17, 15) is 9.59 Å². The van der Waals surface area contributed by atoms with Gasteiger partial charge in [0.15, 0.2) is 0 Å². The summed E-state index contributed by atoms with van der Waals surface area (Å²) in [5.41, 5.74) is 3.83. The number of rotatable bonds is 2. The Bertz CT molecular complexity index is 1290. The lowest BCUT2D eigenvalue weighted by Gasteiger charge is -2.06. The SMILES string of the molecule is CN1C(=O)C(c2cn(C)c3ccccc23)=C(c2cccc3ccoc23)C1=O. The lowest BCUT2D eigenvalue weighted by molar-refractivity contribution is -0.134. The monoisotopic (exact) mass is 356 g/mol. The molecule has 4 aromatic rings. The Hall–Kier alpha value is -3.60. The van der Waals surface area contributed by atoms with E-state index in [1.165, 1.54) is 11.9 Å². The van der Waals surface area contributed by atoms with Crippen LogP contribution in [-0.2, 0) is 16.6 Å². The second-order valence-electron chi connectivity index (χ2n) is 6.73. The van der Waals surface area contributed by atoms with Gasteiger partial charge in [0.05, 0.1) is 17.4 Å². The molecule has 0 bridgehead atoms. The number of fused-ring (bicyclic) bond motifs is 2. The predicted molar refractivity (Wildman–Crippen MR) is 104 cm³/mol. The molecule has 0 unspecified atom stereocenters. The van der Waals surface area contributed by atoms with E-state index in [-0.39, 0.29) is 11.8 Å². The van der Waals surface area contributed by atoms with Gasteiger partial charge >= 0.3 is 0 Å². The molecule has 5 heteroatoms. The minimum absolute atomic E-state index is 0.296. The topological polar surface area (TPSA) is 55.5 Å². The minimum atomic E-state index is -0.313. The van der Waals surface area contributed by atoms with Crippen molar-refractivity contribution in [2.75, 3.05) is 7.05 Å². The van der Waals surface area contributed by atoms with E-state index < -0.39 is 0 Å². The summed E-state index contributed by atoms with van der Waals surface area (Å²) in [6, 6.07) is 15.3. The second-order valence-corrected chi connectivity index (χ2v) is 6.73. The number of amides is 2. The van der Waals surface area contributed by atoms with Gasteiger partial charge in [-0.25, -0.2) is 0 Å². The lowest BCUT2D eigenvalue weighted by Crippen LogP contribution is -2.26. The zero-order chi connectivity index (χ0) is 18.7. The van der Waals surface area contributed by atoms with Crippen LogP contribution in [0, 0.1) is 0 Å². The van der Waals surface area contributed by atoms with E-state index in [1.807, 2.05) is 66.3 Å². The van der Waals surface area contributed by atoms with Crippen molar-refractivity contribution in [2.24, 2.45) is 7.05 Å². The highest BCUT2D eigenvalue weighted by atomic mass is 16.3. The molecule has 2 aromatic heterocycles. The smallest absolute Gasteiger partial charge is 0.262 e. The fourth-order valence-corrected chi connectivity index (χ4v) is 3.87. The number of imide groups is 1. The first kappa shape index (κ1) is 15.6. The molecule has 1 aliphatic heterocycles. The molecule has 0 atom stereocenters. The van der Waals surface area contributed by atoms with Gasteiger partial charge < -0.3 is 8.98 Å². The molecule has 0 aliphatic carbocycles. The predicted octanol–water partition coefficient (Wildman–Crippen LogP) is 3.83. The van der Waals surface area contributed by atoms with Crippen molar-refractivity contribution in [3.05, 3.63) is 72.1 Å². The average molecular weight is 356 g/mol. The molecule has 0 radical (unpaired) electrons. The zero-order valence-corrected chi connectivity index (χ0v) is 14.9. The molecule has 0 saturated carbocycles. The van der Waals surface area contributed by atoms with Crippen molar-refractivity contribution in [1.82, 2.24) is 9.47 Å². The Morgan fingerprint density at radius 1 is 0.815 bits per heavy atom. The van der Waals surface area contributed by atoms with E-state index in [4.69, 9.17) is 4.42 Å². The van der Waals surface area contributed by atoms with Crippen LogP contribution in [0.3, 0.4) is 0 Å². The first-order valence-electron chi connectivity index (χ1n) is 8.65. The normalized spacial score (nSPS) is 15.0. The maximum Gasteiger partial charge on any atom is 0.262 e. The molecule has 0 spiro atoms. The quantitative estimate of drug-likeness (QED) is 0.513. The van der Waals surface area contributed by atoms with Crippen LogP contribution in [0.15, 0.2) is 65.4 Å². The number of nitrogens with zero attached hydrogens (tertiary/aromatic N) is 2. The third kappa shape index (κ3) is 2.05. The van der Waals surface area contributed by atoms with Gasteiger partial charge in [0.2, 0.25) is 0 Å². The molecule has 2 aromatic carbocycles. The number of benzene rings is 2. The fourth-order valence-electron chi connectivity index (χ4n) is 3.87. The van der Waals surface area contributed by atoms with Gasteiger partial charge in [-0.1, -0.05) is 36.4 Å². The highest BCUT2D eigenvalue weighted by Crippen LogP contribution is 2.40. The van der Waals surface area contributed by atoms with E-state index in [2.05, 4.69) is 0 Å². The third-order valence-electron chi connectivity index (χ3n) is 5.20. The van der Waals surface area contributed by atoms with Crippen LogP contribution in [-0.4, -0.2) is 28.3 Å². The molecule has 0 fully saturated rings. The summed E-state index contributed by atoms with van der Waals surface area (Å²) in [6.45, 7) is 0.